The molecule has 1 aromatic rings. The van der Waals surface area contributed by atoms with Crippen LogP contribution in [0.2, 0.25) is 0 Å². The third-order valence-corrected chi connectivity index (χ3v) is 7.03. The minimum absolute atomic E-state index is 0.108. The highest BCUT2D eigenvalue weighted by Gasteiger charge is 2.51. The Morgan fingerprint density at radius 2 is 1.70 bits per heavy atom. The zero-order chi connectivity index (χ0) is 13.7. The van der Waals surface area contributed by atoms with E-state index in [0.29, 0.717) is 6.54 Å². The van der Waals surface area contributed by atoms with Crippen molar-refractivity contribution >= 4 is 16.0 Å². The highest BCUT2D eigenvalue weighted by atomic mass is 32.2. The van der Waals surface area contributed by atoms with E-state index in [9.17, 15) is 8.42 Å². The van der Waals surface area contributed by atoms with Crippen LogP contribution in [-0.2, 0) is 10.0 Å². The Hall–Kier alpha value is -1.21. The lowest BCUT2D eigenvalue weighted by Crippen LogP contribution is -2.41. The Balaban J connectivity index is 1.58. The van der Waals surface area contributed by atoms with E-state index in [4.69, 9.17) is 0 Å². The SMILES string of the molecule is O=S(=O)(C1CC1)N1CC[C@@H]2[C@@H]1CCN2c1ncccn1. The van der Waals surface area contributed by atoms with Crippen LogP contribution in [-0.4, -0.2) is 53.1 Å². The van der Waals surface area contributed by atoms with Crippen molar-refractivity contribution in [3.05, 3.63) is 18.5 Å². The summed E-state index contributed by atoms with van der Waals surface area (Å²) >= 11 is 0. The van der Waals surface area contributed by atoms with Gasteiger partial charge in [0, 0.05) is 37.6 Å². The first-order valence-corrected chi connectivity index (χ1v) is 8.72. The molecule has 1 aliphatic carbocycles. The van der Waals surface area contributed by atoms with Crippen molar-refractivity contribution in [3.8, 4) is 0 Å². The second-order valence-electron chi connectivity index (χ2n) is 5.81. The summed E-state index contributed by atoms with van der Waals surface area (Å²) in [4.78, 5) is 10.8. The smallest absolute Gasteiger partial charge is 0.225 e. The van der Waals surface area contributed by atoms with Gasteiger partial charge in [0.15, 0.2) is 0 Å². The second-order valence-corrected chi connectivity index (χ2v) is 7.97. The highest BCUT2D eigenvalue weighted by Crippen LogP contribution is 2.40. The average Bonchev–Trinajstić information content (AvgIpc) is 3.11. The fourth-order valence-corrected chi connectivity index (χ4v) is 5.61. The molecule has 0 bridgehead atoms. The quantitative estimate of drug-likeness (QED) is 0.817. The first-order chi connectivity index (χ1) is 9.68. The summed E-state index contributed by atoms with van der Waals surface area (Å²) in [5.74, 6) is 0.727. The lowest BCUT2D eigenvalue weighted by molar-refractivity contribution is 0.387. The summed E-state index contributed by atoms with van der Waals surface area (Å²) in [6, 6.07) is 2.16. The molecule has 0 amide bonds. The molecule has 3 fully saturated rings. The van der Waals surface area contributed by atoms with Gasteiger partial charge in [-0.2, -0.15) is 4.31 Å². The van der Waals surface area contributed by atoms with Gasteiger partial charge < -0.3 is 4.90 Å². The van der Waals surface area contributed by atoms with Crippen LogP contribution in [0.3, 0.4) is 0 Å². The zero-order valence-corrected chi connectivity index (χ0v) is 12.0. The van der Waals surface area contributed by atoms with Crippen LogP contribution in [0.1, 0.15) is 25.7 Å². The average molecular weight is 294 g/mol. The van der Waals surface area contributed by atoms with Crippen molar-refractivity contribution < 1.29 is 8.42 Å². The molecule has 2 saturated heterocycles. The fraction of sp³-hybridized carbons (Fsp3) is 0.692. The van der Waals surface area contributed by atoms with Crippen LogP contribution >= 0.6 is 0 Å². The van der Waals surface area contributed by atoms with Crippen molar-refractivity contribution in [3.63, 3.8) is 0 Å². The van der Waals surface area contributed by atoms with Crippen molar-refractivity contribution in [1.29, 1.82) is 0 Å². The van der Waals surface area contributed by atoms with E-state index in [2.05, 4.69) is 14.9 Å². The van der Waals surface area contributed by atoms with Gasteiger partial charge in [0.05, 0.1) is 5.25 Å². The number of sulfonamides is 1. The molecule has 0 spiro atoms. The van der Waals surface area contributed by atoms with Gasteiger partial charge in [0.1, 0.15) is 0 Å². The Morgan fingerprint density at radius 3 is 2.40 bits per heavy atom. The molecular weight excluding hydrogens is 276 g/mol. The van der Waals surface area contributed by atoms with Gasteiger partial charge in [0.2, 0.25) is 16.0 Å². The summed E-state index contributed by atoms with van der Waals surface area (Å²) < 4.78 is 26.7. The van der Waals surface area contributed by atoms with Crippen LogP contribution < -0.4 is 4.90 Å². The maximum atomic E-state index is 12.5. The molecule has 4 rings (SSSR count). The third kappa shape index (κ3) is 1.83. The maximum Gasteiger partial charge on any atom is 0.225 e. The normalized spacial score (nSPS) is 30.7. The molecule has 7 heteroatoms. The van der Waals surface area contributed by atoms with Crippen LogP contribution in [0.15, 0.2) is 18.5 Å². The molecule has 108 valence electrons. The van der Waals surface area contributed by atoms with E-state index in [-0.39, 0.29) is 17.3 Å². The van der Waals surface area contributed by atoms with Gasteiger partial charge in [-0.05, 0) is 31.7 Å². The Bertz CT molecular complexity index is 602. The van der Waals surface area contributed by atoms with Crippen LogP contribution in [0.25, 0.3) is 0 Å². The highest BCUT2D eigenvalue weighted by molar-refractivity contribution is 7.90. The second kappa shape index (κ2) is 4.39. The predicted molar refractivity (Wildman–Crippen MR) is 74.8 cm³/mol. The first-order valence-electron chi connectivity index (χ1n) is 7.22. The van der Waals surface area contributed by atoms with E-state index in [0.717, 1.165) is 38.2 Å². The third-order valence-electron chi connectivity index (χ3n) is 4.61. The molecule has 6 nitrogen and oxygen atoms in total. The Morgan fingerprint density at radius 1 is 1.00 bits per heavy atom. The molecule has 0 radical (unpaired) electrons. The number of hydrogen-bond acceptors (Lipinski definition) is 5. The molecule has 0 unspecified atom stereocenters. The summed E-state index contributed by atoms with van der Waals surface area (Å²) in [6.45, 7) is 1.49. The summed E-state index contributed by atoms with van der Waals surface area (Å²) in [7, 11) is -3.06. The molecular formula is C13H18N4O2S. The monoisotopic (exact) mass is 294 g/mol. The number of anilines is 1. The van der Waals surface area contributed by atoms with E-state index in [1.807, 2.05) is 0 Å². The molecule has 3 heterocycles. The van der Waals surface area contributed by atoms with E-state index < -0.39 is 10.0 Å². The number of nitrogens with zero attached hydrogens (tertiary/aromatic N) is 4. The lowest BCUT2D eigenvalue weighted by Gasteiger charge is -2.25. The Labute approximate surface area is 118 Å². The van der Waals surface area contributed by atoms with Crippen molar-refractivity contribution in [2.75, 3.05) is 18.0 Å². The molecule has 2 atom stereocenters. The van der Waals surface area contributed by atoms with Crippen LogP contribution in [0, 0.1) is 0 Å². The molecule has 2 aliphatic heterocycles. The summed E-state index contributed by atoms with van der Waals surface area (Å²) in [5, 5.41) is -0.108. The van der Waals surface area contributed by atoms with Gasteiger partial charge >= 0.3 is 0 Å². The largest absolute Gasteiger partial charge is 0.336 e. The van der Waals surface area contributed by atoms with Gasteiger partial charge in [-0.1, -0.05) is 0 Å². The van der Waals surface area contributed by atoms with Crippen molar-refractivity contribution in [1.82, 2.24) is 14.3 Å². The zero-order valence-electron chi connectivity index (χ0n) is 11.2. The fourth-order valence-electron chi connectivity index (χ4n) is 3.51. The molecule has 0 N–H and O–H groups in total. The summed E-state index contributed by atoms with van der Waals surface area (Å²) in [5.41, 5.74) is 0. The van der Waals surface area contributed by atoms with E-state index in [1.165, 1.54) is 0 Å². The van der Waals surface area contributed by atoms with Crippen molar-refractivity contribution in [2.24, 2.45) is 0 Å². The Kier molecular flexibility index (Phi) is 2.75. The van der Waals surface area contributed by atoms with Gasteiger partial charge in [-0.25, -0.2) is 18.4 Å². The van der Waals surface area contributed by atoms with Crippen LogP contribution in [0.4, 0.5) is 5.95 Å². The van der Waals surface area contributed by atoms with Crippen molar-refractivity contribution in [2.45, 2.75) is 43.0 Å². The molecule has 0 aromatic carbocycles. The number of rotatable bonds is 3. The molecule has 20 heavy (non-hydrogen) atoms. The van der Waals surface area contributed by atoms with Gasteiger partial charge in [-0.15, -0.1) is 0 Å². The lowest BCUT2D eigenvalue weighted by atomic mass is 10.1. The van der Waals surface area contributed by atoms with Gasteiger partial charge in [-0.3, -0.25) is 0 Å². The van der Waals surface area contributed by atoms with Gasteiger partial charge in [0.25, 0.3) is 0 Å². The summed E-state index contributed by atoms with van der Waals surface area (Å²) in [6.07, 6.45) is 6.92. The minimum Gasteiger partial charge on any atom is -0.336 e. The molecule has 1 aromatic heterocycles. The van der Waals surface area contributed by atoms with E-state index in [1.54, 1.807) is 22.8 Å². The number of fused-ring (bicyclic) bond motifs is 1. The predicted octanol–water partition coefficient (Wildman–Crippen LogP) is 0.622. The minimum atomic E-state index is -3.06. The first kappa shape index (κ1) is 12.5. The topological polar surface area (TPSA) is 66.4 Å². The number of aromatic nitrogens is 2. The standard InChI is InChI=1S/C13H18N4O2S/c18-20(19,10-2-3-10)17-9-5-11-12(17)4-8-16(11)13-14-6-1-7-15-13/h1,6-7,10-12H,2-5,8-9H2/t11-,12+/m1/s1. The molecule has 3 aliphatic rings. The number of hydrogen-bond donors (Lipinski definition) is 0. The maximum absolute atomic E-state index is 12.5. The molecule has 1 saturated carbocycles. The van der Waals surface area contributed by atoms with E-state index >= 15 is 0 Å². The van der Waals surface area contributed by atoms with Crippen LogP contribution in [0.5, 0.6) is 0 Å².